The molecule has 0 radical (unpaired) electrons. The van der Waals surface area contributed by atoms with Crippen LogP contribution >= 0.6 is 0 Å². The summed E-state index contributed by atoms with van der Waals surface area (Å²) in [6.07, 6.45) is 1.42. The highest BCUT2D eigenvalue weighted by Crippen LogP contribution is 2.36. The van der Waals surface area contributed by atoms with E-state index < -0.39 is 0 Å². The second-order valence-corrected chi connectivity index (χ2v) is 4.63. The average molecular weight is 295 g/mol. The van der Waals surface area contributed by atoms with Crippen LogP contribution in [0.5, 0.6) is 17.2 Å². The number of para-hydroxylation sites is 1. The van der Waals surface area contributed by atoms with Gasteiger partial charge in [-0.3, -0.25) is 4.79 Å². The molecule has 0 aliphatic carbocycles. The van der Waals surface area contributed by atoms with Gasteiger partial charge in [-0.05, 0) is 25.0 Å². The third-order valence-corrected chi connectivity index (χ3v) is 3.25. The Bertz CT molecular complexity index is 471. The van der Waals surface area contributed by atoms with Gasteiger partial charge in [-0.2, -0.15) is 0 Å². The summed E-state index contributed by atoms with van der Waals surface area (Å²) < 4.78 is 21.4. The molecule has 6 nitrogen and oxygen atoms in total. The molecule has 2 rings (SSSR count). The molecule has 0 aromatic heterocycles. The van der Waals surface area contributed by atoms with Crippen LogP contribution < -0.4 is 19.5 Å². The van der Waals surface area contributed by atoms with Crippen LogP contribution in [0.15, 0.2) is 18.2 Å². The minimum atomic E-state index is -0.309. The molecule has 1 aliphatic rings. The first-order chi connectivity index (χ1) is 10.3. The first-order valence-electron chi connectivity index (χ1n) is 6.99. The second kappa shape index (κ2) is 7.73. The lowest BCUT2D eigenvalue weighted by Crippen LogP contribution is -2.36. The van der Waals surface area contributed by atoms with Crippen LogP contribution in [0.1, 0.15) is 12.8 Å². The number of rotatable bonds is 7. The molecular weight excluding hydrogens is 274 g/mol. The molecule has 0 bridgehead atoms. The maximum atomic E-state index is 11.7. The van der Waals surface area contributed by atoms with Gasteiger partial charge in [0, 0.05) is 6.61 Å². The Morgan fingerprint density at radius 3 is 2.81 bits per heavy atom. The summed E-state index contributed by atoms with van der Waals surface area (Å²) in [5.74, 6) is 1.67. The van der Waals surface area contributed by atoms with Crippen molar-refractivity contribution in [1.82, 2.24) is 5.32 Å². The predicted octanol–water partition coefficient (Wildman–Crippen LogP) is 1.38. The summed E-state index contributed by atoms with van der Waals surface area (Å²) >= 11 is 0. The van der Waals surface area contributed by atoms with Crippen LogP contribution in [0, 0.1) is 0 Å². The lowest BCUT2D eigenvalue weighted by atomic mass is 10.2. The fraction of sp³-hybridized carbons (Fsp3) is 0.533. The highest BCUT2D eigenvalue weighted by atomic mass is 16.5. The van der Waals surface area contributed by atoms with E-state index in [-0.39, 0.29) is 12.0 Å². The molecule has 1 aromatic carbocycles. The van der Waals surface area contributed by atoms with E-state index >= 15 is 0 Å². The monoisotopic (exact) mass is 295 g/mol. The van der Waals surface area contributed by atoms with Gasteiger partial charge in [-0.1, -0.05) is 6.07 Å². The van der Waals surface area contributed by atoms with Gasteiger partial charge in [0.05, 0.1) is 20.8 Å². The number of carbonyl (C=O) groups excluding carboxylic acids is 1. The first-order valence-corrected chi connectivity index (χ1v) is 6.99. The first kappa shape index (κ1) is 15.4. The second-order valence-electron chi connectivity index (χ2n) is 4.63. The Labute approximate surface area is 124 Å². The Morgan fingerprint density at radius 2 is 2.14 bits per heavy atom. The van der Waals surface area contributed by atoms with Crippen molar-refractivity contribution >= 4 is 5.91 Å². The highest BCUT2D eigenvalue weighted by molar-refractivity contribution is 5.80. The van der Waals surface area contributed by atoms with Crippen LogP contribution in [0.3, 0.4) is 0 Å². The summed E-state index contributed by atoms with van der Waals surface area (Å²) in [5, 5.41) is 2.80. The maximum Gasteiger partial charge on any atom is 0.249 e. The van der Waals surface area contributed by atoms with Crippen molar-refractivity contribution in [2.24, 2.45) is 0 Å². The predicted molar refractivity (Wildman–Crippen MR) is 77.0 cm³/mol. The average Bonchev–Trinajstić information content (AvgIpc) is 3.05. The van der Waals surface area contributed by atoms with Gasteiger partial charge >= 0.3 is 0 Å². The number of nitrogens with one attached hydrogen (secondary N) is 1. The molecule has 1 unspecified atom stereocenters. The molecule has 116 valence electrons. The van der Waals surface area contributed by atoms with Crippen molar-refractivity contribution in [1.29, 1.82) is 0 Å². The van der Waals surface area contributed by atoms with E-state index in [0.29, 0.717) is 37.0 Å². The smallest absolute Gasteiger partial charge is 0.249 e. The van der Waals surface area contributed by atoms with Crippen molar-refractivity contribution in [2.75, 3.05) is 34.0 Å². The van der Waals surface area contributed by atoms with Crippen LogP contribution in [-0.4, -0.2) is 46.0 Å². The zero-order valence-corrected chi connectivity index (χ0v) is 12.4. The van der Waals surface area contributed by atoms with Crippen molar-refractivity contribution in [3.05, 3.63) is 18.2 Å². The Balaban J connectivity index is 1.79. The molecule has 1 saturated heterocycles. The summed E-state index contributed by atoms with van der Waals surface area (Å²) in [7, 11) is 3.13. The standard InChI is InChI=1S/C15H21NO5/c1-18-11-5-3-6-12(14(11)19-2)21-10-8-16-15(17)13-7-4-9-20-13/h3,5-6,13H,4,7-10H2,1-2H3,(H,16,17). The highest BCUT2D eigenvalue weighted by Gasteiger charge is 2.22. The van der Waals surface area contributed by atoms with Gasteiger partial charge in [-0.15, -0.1) is 0 Å². The quantitative estimate of drug-likeness (QED) is 0.770. The van der Waals surface area contributed by atoms with E-state index in [4.69, 9.17) is 18.9 Å². The van der Waals surface area contributed by atoms with E-state index in [1.54, 1.807) is 26.4 Å². The fourth-order valence-electron chi connectivity index (χ4n) is 2.20. The van der Waals surface area contributed by atoms with Crippen LogP contribution in [-0.2, 0) is 9.53 Å². The molecule has 1 atom stereocenters. The Morgan fingerprint density at radius 1 is 1.33 bits per heavy atom. The lowest BCUT2D eigenvalue weighted by Gasteiger charge is -2.14. The van der Waals surface area contributed by atoms with Gasteiger partial charge in [0.25, 0.3) is 0 Å². The molecular formula is C15H21NO5. The molecule has 1 heterocycles. The molecule has 1 N–H and O–H groups in total. The number of ether oxygens (including phenoxy) is 4. The molecule has 1 fully saturated rings. The van der Waals surface area contributed by atoms with E-state index in [0.717, 1.165) is 12.8 Å². The van der Waals surface area contributed by atoms with Gasteiger partial charge < -0.3 is 24.3 Å². The van der Waals surface area contributed by atoms with Crippen molar-refractivity contribution in [3.63, 3.8) is 0 Å². The minimum Gasteiger partial charge on any atom is -0.493 e. The van der Waals surface area contributed by atoms with E-state index in [1.165, 1.54) is 0 Å². The van der Waals surface area contributed by atoms with Gasteiger partial charge in [0.15, 0.2) is 11.5 Å². The Hall–Kier alpha value is -1.95. The number of hydrogen-bond acceptors (Lipinski definition) is 5. The van der Waals surface area contributed by atoms with Gasteiger partial charge in [0.1, 0.15) is 12.7 Å². The van der Waals surface area contributed by atoms with Gasteiger partial charge in [-0.25, -0.2) is 0 Å². The molecule has 1 aliphatic heterocycles. The van der Waals surface area contributed by atoms with Crippen molar-refractivity contribution in [3.8, 4) is 17.2 Å². The summed E-state index contributed by atoms with van der Waals surface area (Å²) in [5.41, 5.74) is 0. The van der Waals surface area contributed by atoms with Crippen LogP contribution in [0.2, 0.25) is 0 Å². The normalized spacial score (nSPS) is 17.3. The number of benzene rings is 1. The maximum absolute atomic E-state index is 11.7. The molecule has 1 amide bonds. The van der Waals surface area contributed by atoms with Crippen molar-refractivity contribution in [2.45, 2.75) is 18.9 Å². The third-order valence-electron chi connectivity index (χ3n) is 3.25. The molecule has 1 aromatic rings. The largest absolute Gasteiger partial charge is 0.493 e. The minimum absolute atomic E-state index is 0.0753. The number of methoxy groups -OCH3 is 2. The SMILES string of the molecule is COc1cccc(OCCNC(=O)C2CCCO2)c1OC. The number of amides is 1. The third kappa shape index (κ3) is 4.01. The fourth-order valence-corrected chi connectivity index (χ4v) is 2.20. The summed E-state index contributed by atoms with van der Waals surface area (Å²) in [6, 6.07) is 5.41. The molecule has 0 saturated carbocycles. The van der Waals surface area contributed by atoms with Gasteiger partial charge in [0.2, 0.25) is 11.7 Å². The van der Waals surface area contributed by atoms with E-state index in [9.17, 15) is 4.79 Å². The summed E-state index contributed by atoms with van der Waals surface area (Å²) in [6.45, 7) is 1.43. The zero-order chi connectivity index (χ0) is 15.1. The van der Waals surface area contributed by atoms with E-state index in [2.05, 4.69) is 5.32 Å². The number of hydrogen-bond donors (Lipinski definition) is 1. The Kier molecular flexibility index (Phi) is 5.68. The summed E-state index contributed by atoms with van der Waals surface area (Å²) in [4.78, 5) is 11.7. The zero-order valence-electron chi connectivity index (χ0n) is 12.4. The van der Waals surface area contributed by atoms with Crippen LogP contribution in [0.4, 0.5) is 0 Å². The topological polar surface area (TPSA) is 66.0 Å². The van der Waals surface area contributed by atoms with E-state index in [1.807, 2.05) is 6.07 Å². The molecule has 0 spiro atoms. The molecule has 6 heteroatoms. The lowest BCUT2D eigenvalue weighted by molar-refractivity contribution is -0.130. The molecule has 21 heavy (non-hydrogen) atoms. The number of carbonyl (C=O) groups is 1. The van der Waals surface area contributed by atoms with Crippen molar-refractivity contribution < 1.29 is 23.7 Å². The van der Waals surface area contributed by atoms with Crippen LogP contribution in [0.25, 0.3) is 0 Å².